The normalized spacial score (nSPS) is 10.8. The number of aromatic nitrogens is 1. The van der Waals surface area contributed by atoms with Crippen LogP contribution in [0, 0.1) is 0 Å². The molecule has 2 heteroatoms. The van der Waals surface area contributed by atoms with Gasteiger partial charge in [-0.3, -0.25) is 9.78 Å². The summed E-state index contributed by atoms with van der Waals surface area (Å²) in [6, 6.07) is 20.0. The van der Waals surface area contributed by atoms with E-state index in [-0.39, 0.29) is 5.78 Å². The number of ketones is 1. The molecule has 0 atom stereocenters. The minimum atomic E-state index is 0.116. The van der Waals surface area contributed by atoms with Crippen LogP contribution in [-0.2, 0) is 6.42 Å². The molecule has 2 aromatic carbocycles. The molecule has 3 rings (SSSR count). The SMILES string of the molecule is CC(C)c1cccc(-c2cncc(CC(=O)c3ccccc3)c2)c1. The summed E-state index contributed by atoms with van der Waals surface area (Å²) < 4.78 is 0. The Morgan fingerprint density at radius 1 is 0.917 bits per heavy atom. The first-order chi connectivity index (χ1) is 11.6. The molecule has 0 unspecified atom stereocenters. The van der Waals surface area contributed by atoms with Gasteiger partial charge in [0, 0.05) is 29.9 Å². The highest BCUT2D eigenvalue weighted by atomic mass is 16.1. The summed E-state index contributed by atoms with van der Waals surface area (Å²) in [6.45, 7) is 4.37. The fourth-order valence-electron chi connectivity index (χ4n) is 2.73. The van der Waals surface area contributed by atoms with Crippen molar-refractivity contribution in [3.05, 3.63) is 89.7 Å². The standard InChI is InChI=1S/C22H21NO/c1-16(2)19-9-6-10-20(13-19)21-11-17(14-23-15-21)12-22(24)18-7-4-3-5-8-18/h3-11,13-16H,12H2,1-2H3. The second kappa shape index (κ2) is 7.22. The zero-order valence-corrected chi connectivity index (χ0v) is 14.1. The molecule has 0 spiro atoms. The summed E-state index contributed by atoms with van der Waals surface area (Å²) in [7, 11) is 0. The van der Waals surface area contributed by atoms with E-state index in [0.29, 0.717) is 12.3 Å². The van der Waals surface area contributed by atoms with Gasteiger partial charge in [-0.05, 0) is 28.7 Å². The minimum absolute atomic E-state index is 0.116. The van der Waals surface area contributed by atoms with Crippen molar-refractivity contribution < 1.29 is 4.79 Å². The average Bonchev–Trinajstić information content (AvgIpc) is 2.63. The molecule has 1 heterocycles. The first-order valence-electron chi connectivity index (χ1n) is 8.26. The number of hydrogen-bond acceptors (Lipinski definition) is 2. The number of carbonyl (C=O) groups is 1. The second-order valence-electron chi connectivity index (χ2n) is 6.33. The third-order valence-corrected chi connectivity index (χ3v) is 4.14. The van der Waals surface area contributed by atoms with Gasteiger partial charge >= 0.3 is 0 Å². The van der Waals surface area contributed by atoms with E-state index in [1.807, 2.05) is 36.5 Å². The van der Waals surface area contributed by atoms with E-state index >= 15 is 0 Å². The van der Waals surface area contributed by atoms with Gasteiger partial charge in [0.15, 0.2) is 5.78 Å². The second-order valence-corrected chi connectivity index (χ2v) is 6.33. The van der Waals surface area contributed by atoms with Crippen LogP contribution < -0.4 is 0 Å². The number of Topliss-reactive ketones (excluding diaryl/α,β-unsaturated/α-hetero) is 1. The molecule has 2 nitrogen and oxygen atoms in total. The van der Waals surface area contributed by atoms with Gasteiger partial charge in [-0.2, -0.15) is 0 Å². The number of pyridine rings is 1. The van der Waals surface area contributed by atoms with E-state index in [4.69, 9.17) is 0 Å². The summed E-state index contributed by atoms with van der Waals surface area (Å²) in [5, 5.41) is 0. The lowest BCUT2D eigenvalue weighted by Crippen LogP contribution is -2.03. The molecule has 0 bridgehead atoms. The van der Waals surface area contributed by atoms with Crippen molar-refractivity contribution in [1.29, 1.82) is 0 Å². The molecule has 1 aromatic heterocycles. The van der Waals surface area contributed by atoms with E-state index < -0.39 is 0 Å². The van der Waals surface area contributed by atoms with E-state index in [0.717, 1.165) is 22.3 Å². The fraction of sp³-hybridized carbons (Fsp3) is 0.182. The topological polar surface area (TPSA) is 30.0 Å². The lowest BCUT2D eigenvalue weighted by Gasteiger charge is -2.09. The summed E-state index contributed by atoms with van der Waals surface area (Å²) in [5.41, 5.74) is 5.18. The first kappa shape index (κ1) is 16.1. The summed E-state index contributed by atoms with van der Waals surface area (Å²) in [5.74, 6) is 0.603. The summed E-state index contributed by atoms with van der Waals surface area (Å²) in [6.07, 6.45) is 4.00. The van der Waals surface area contributed by atoms with E-state index in [9.17, 15) is 4.79 Å². The highest BCUT2D eigenvalue weighted by Crippen LogP contribution is 2.24. The highest BCUT2D eigenvalue weighted by molar-refractivity contribution is 5.97. The van der Waals surface area contributed by atoms with Gasteiger partial charge in [0.05, 0.1) is 0 Å². The fourth-order valence-corrected chi connectivity index (χ4v) is 2.73. The number of carbonyl (C=O) groups excluding carboxylic acids is 1. The molecule has 0 saturated carbocycles. The summed E-state index contributed by atoms with van der Waals surface area (Å²) in [4.78, 5) is 16.7. The molecule has 0 amide bonds. The molecule has 0 aliphatic heterocycles. The quantitative estimate of drug-likeness (QED) is 0.598. The Kier molecular flexibility index (Phi) is 4.85. The maximum atomic E-state index is 12.4. The molecule has 0 N–H and O–H groups in total. The monoisotopic (exact) mass is 315 g/mol. The third-order valence-electron chi connectivity index (χ3n) is 4.14. The van der Waals surface area contributed by atoms with Crippen LogP contribution in [0.15, 0.2) is 73.1 Å². The minimum Gasteiger partial charge on any atom is -0.294 e. The van der Waals surface area contributed by atoms with Gasteiger partial charge in [0.2, 0.25) is 0 Å². The first-order valence-corrected chi connectivity index (χ1v) is 8.26. The van der Waals surface area contributed by atoms with Crippen molar-refractivity contribution in [2.75, 3.05) is 0 Å². The zero-order valence-electron chi connectivity index (χ0n) is 14.1. The molecule has 3 aromatic rings. The average molecular weight is 315 g/mol. The van der Waals surface area contributed by atoms with Crippen LogP contribution in [0.25, 0.3) is 11.1 Å². The molecule has 0 saturated heterocycles. The summed E-state index contributed by atoms with van der Waals surface area (Å²) >= 11 is 0. The van der Waals surface area contributed by atoms with Gasteiger partial charge in [0.25, 0.3) is 0 Å². The Morgan fingerprint density at radius 3 is 2.46 bits per heavy atom. The van der Waals surface area contributed by atoms with Crippen LogP contribution in [-0.4, -0.2) is 10.8 Å². The van der Waals surface area contributed by atoms with E-state index in [2.05, 4.69) is 49.2 Å². The van der Waals surface area contributed by atoms with Crippen LogP contribution in [0.1, 0.15) is 41.3 Å². The number of rotatable bonds is 5. The van der Waals surface area contributed by atoms with Crippen molar-refractivity contribution >= 4 is 5.78 Å². The van der Waals surface area contributed by atoms with Crippen LogP contribution in [0.3, 0.4) is 0 Å². The van der Waals surface area contributed by atoms with Crippen molar-refractivity contribution in [2.45, 2.75) is 26.2 Å². The van der Waals surface area contributed by atoms with Crippen LogP contribution >= 0.6 is 0 Å². The molecular weight excluding hydrogens is 294 g/mol. The lowest BCUT2D eigenvalue weighted by atomic mass is 9.97. The largest absolute Gasteiger partial charge is 0.294 e. The number of hydrogen-bond donors (Lipinski definition) is 0. The highest BCUT2D eigenvalue weighted by Gasteiger charge is 2.09. The predicted octanol–water partition coefficient (Wildman–Crippen LogP) is 5.30. The Morgan fingerprint density at radius 2 is 1.71 bits per heavy atom. The Labute approximate surface area is 143 Å². The molecule has 0 radical (unpaired) electrons. The van der Waals surface area contributed by atoms with Gasteiger partial charge in [0.1, 0.15) is 0 Å². The van der Waals surface area contributed by atoms with Crippen molar-refractivity contribution in [2.24, 2.45) is 0 Å². The predicted molar refractivity (Wildman–Crippen MR) is 98.2 cm³/mol. The smallest absolute Gasteiger partial charge is 0.167 e. The Hall–Kier alpha value is -2.74. The lowest BCUT2D eigenvalue weighted by molar-refractivity contribution is 0.0993. The van der Waals surface area contributed by atoms with Crippen LogP contribution in [0.5, 0.6) is 0 Å². The van der Waals surface area contributed by atoms with Crippen molar-refractivity contribution in [1.82, 2.24) is 4.98 Å². The zero-order chi connectivity index (χ0) is 16.9. The molecular formula is C22H21NO. The number of benzene rings is 2. The Balaban J connectivity index is 1.84. The molecule has 120 valence electrons. The number of nitrogens with zero attached hydrogens (tertiary/aromatic N) is 1. The third kappa shape index (κ3) is 3.77. The van der Waals surface area contributed by atoms with Gasteiger partial charge < -0.3 is 0 Å². The van der Waals surface area contributed by atoms with Gasteiger partial charge in [-0.1, -0.05) is 68.4 Å². The molecule has 0 aliphatic carbocycles. The van der Waals surface area contributed by atoms with Crippen molar-refractivity contribution in [3.8, 4) is 11.1 Å². The van der Waals surface area contributed by atoms with Gasteiger partial charge in [-0.25, -0.2) is 0 Å². The molecule has 24 heavy (non-hydrogen) atoms. The maximum absolute atomic E-state index is 12.4. The molecule has 0 fully saturated rings. The maximum Gasteiger partial charge on any atom is 0.167 e. The van der Waals surface area contributed by atoms with Crippen LogP contribution in [0.2, 0.25) is 0 Å². The van der Waals surface area contributed by atoms with E-state index in [1.165, 1.54) is 5.56 Å². The van der Waals surface area contributed by atoms with Crippen molar-refractivity contribution in [3.63, 3.8) is 0 Å². The van der Waals surface area contributed by atoms with E-state index in [1.54, 1.807) is 6.20 Å². The van der Waals surface area contributed by atoms with Gasteiger partial charge in [-0.15, -0.1) is 0 Å². The molecule has 0 aliphatic rings. The van der Waals surface area contributed by atoms with Crippen LogP contribution in [0.4, 0.5) is 0 Å². The Bertz CT molecular complexity index is 837.